The average Bonchev–Trinajstić information content (AvgIpc) is 2.85. The van der Waals surface area contributed by atoms with E-state index in [4.69, 9.17) is 4.74 Å². The first-order valence-electron chi connectivity index (χ1n) is 6.92. The van der Waals surface area contributed by atoms with Crippen molar-refractivity contribution in [1.82, 2.24) is 10.3 Å². The molecule has 1 aromatic carbocycles. The minimum Gasteiger partial charge on any atom is -0.492 e. The van der Waals surface area contributed by atoms with Gasteiger partial charge >= 0.3 is 0 Å². The van der Waals surface area contributed by atoms with E-state index in [0.29, 0.717) is 6.61 Å². The third-order valence-corrected chi connectivity index (χ3v) is 3.93. The van der Waals surface area contributed by atoms with Gasteiger partial charge in [0.1, 0.15) is 12.4 Å². The zero-order valence-electron chi connectivity index (χ0n) is 12.5. The summed E-state index contributed by atoms with van der Waals surface area (Å²) in [5.41, 5.74) is 2.35. The maximum Gasteiger partial charge on any atom is 0.119 e. The highest BCUT2D eigenvalue weighted by molar-refractivity contribution is 7.09. The summed E-state index contributed by atoms with van der Waals surface area (Å²) in [5.74, 6) is 0.918. The Morgan fingerprint density at radius 1 is 1.20 bits per heavy atom. The molecule has 2 atom stereocenters. The molecule has 0 saturated carbocycles. The molecule has 1 heterocycles. The highest BCUT2D eigenvalue weighted by Crippen LogP contribution is 2.16. The number of rotatable bonds is 6. The third-order valence-electron chi connectivity index (χ3n) is 3.14. The van der Waals surface area contributed by atoms with Crippen molar-refractivity contribution >= 4 is 11.3 Å². The SMILES string of the molecule is Cc1ccc(OCC(C)NC(C)c2csc(C)n2)cc1. The van der Waals surface area contributed by atoms with Crippen LogP contribution >= 0.6 is 11.3 Å². The number of nitrogens with one attached hydrogen (secondary N) is 1. The van der Waals surface area contributed by atoms with Crippen LogP contribution in [-0.4, -0.2) is 17.6 Å². The Labute approximate surface area is 125 Å². The van der Waals surface area contributed by atoms with E-state index in [2.05, 4.69) is 48.6 Å². The van der Waals surface area contributed by atoms with Gasteiger partial charge in [-0.25, -0.2) is 4.98 Å². The van der Waals surface area contributed by atoms with Crippen LogP contribution in [0.1, 0.15) is 36.2 Å². The Morgan fingerprint density at radius 3 is 2.50 bits per heavy atom. The molecule has 2 rings (SSSR count). The lowest BCUT2D eigenvalue weighted by Crippen LogP contribution is -2.34. The first kappa shape index (κ1) is 15.0. The van der Waals surface area contributed by atoms with Gasteiger partial charge in [0, 0.05) is 17.5 Å². The first-order chi connectivity index (χ1) is 9.54. The van der Waals surface area contributed by atoms with Crippen molar-refractivity contribution < 1.29 is 4.74 Å². The molecule has 1 N–H and O–H groups in total. The summed E-state index contributed by atoms with van der Waals surface area (Å²) in [6.07, 6.45) is 0. The lowest BCUT2D eigenvalue weighted by Gasteiger charge is -2.19. The molecule has 20 heavy (non-hydrogen) atoms. The standard InChI is InChI=1S/C16H22N2OS/c1-11-5-7-15(8-6-11)19-9-12(2)17-13(3)16-10-20-14(4)18-16/h5-8,10,12-13,17H,9H2,1-4H3. The van der Waals surface area contributed by atoms with Gasteiger partial charge in [0.05, 0.1) is 10.7 Å². The van der Waals surface area contributed by atoms with Crippen molar-refractivity contribution in [2.24, 2.45) is 0 Å². The number of hydrogen-bond donors (Lipinski definition) is 1. The second kappa shape index (κ2) is 6.86. The molecule has 0 bridgehead atoms. The van der Waals surface area contributed by atoms with E-state index >= 15 is 0 Å². The molecule has 3 nitrogen and oxygen atoms in total. The van der Waals surface area contributed by atoms with Gasteiger partial charge in [-0.1, -0.05) is 17.7 Å². The van der Waals surface area contributed by atoms with Gasteiger partial charge in [-0.3, -0.25) is 0 Å². The summed E-state index contributed by atoms with van der Waals surface area (Å²) >= 11 is 1.69. The van der Waals surface area contributed by atoms with E-state index in [1.807, 2.05) is 19.1 Å². The molecular weight excluding hydrogens is 268 g/mol. The highest BCUT2D eigenvalue weighted by Gasteiger charge is 2.12. The minimum atomic E-state index is 0.247. The number of aromatic nitrogens is 1. The molecule has 2 aromatic rings. The summed E-state index contributed by atoms with van der Waals surface area (Å²) in [6.45, 7) is 9.02. The zero-order valence-corrected chi connectivity index (χ0v) is 13.3. The number of aryl methyl sites for hydroxylation is 2. The van der Waals surface area contributed by atoms with Crippen molar-refractivity contribution in [3.05, 3.63) is 45.9 Å². The van der Waals surface area contributed by atoms with E-state index in [-0.39, 0.29) is 12.1 Å². The van der Waals surface area contributed by atoms with Crippen LogP contribution in [0, 0.1) is 13.8 Å². The van der Waals surface area contributed by atoms with E-state index in [9.17, 15) is 0 Å². The molecule has 0 aliphatic heterocycles. The molecule has 0 aliphatic rings. The molecule has 4 heteroatoms. The molecular formula is C16H22N2OS. The van der Waals surface area contributed by atoms with Crippen molar-refractivity contribution in [2.75, 3.05) is 6.61 Å². The van der Waals surface area contributed by atoms with Crippen LogP contribution in [0.25, 0.3) is 0 Å². The molecule has 0 saturated heterocycles. The Bertz CT molecular complexity index is 536. The lowest BCUT2D eigenvalue weighted by molar-refractivity contribution is 0.263. The van der Waals surface area contributed by atoms with Gasteiger partial charge in [-0.2, -0.15) is 0 Å². The Morgan fingerprint density at radius 2 is 1.90 bits per heavy atom. The molecule has 0 fully saturated rings. The Hall–Kier alpha value is -1.39. The normalized spacial score (nSPS) is 14.0. The minimum absolute atomic E-state index is 0.247. The summed E-state index contributed by atoms with van der Waals surface area (Å²) in [6, 6.07) is 8.66. The Balaban J connectivity index is 1.80. The van der Waals surface area contributed by atoms with E-state index in [1.165, 1.54) is 5.56 Å². The fourth-order valence-corrected chi connectivity index (χ4v) is 2.70. The van der Waals surface area contributed by atoms with Crippen LogP contribution in [0.15, 0.2) is 29.6 Å². The van der Waals surface area contributed by atoms with Gasteiger partial charge < -0.3 is 10.1 Å². The smallest absolute Gasteiger partial charge is 0.119 e. The summed E-state index contributed by atoms with van der Waals surface area (Å²) in [7, 11) is 0. The van der Waals surface area contributed by atoms with Crippen LogP contribution in [0.2, 0.25) is 0 Å². The average molecular weight is 290 g/mol. The molecule has 0 radical (unpaired) electrons. The van der Waals surface area contributed by atoms with E-state index in [0.717, 1.165) is 16.5 Å². The second-order valence-electron chi connectivity index (χ2n) is 5.20. The van der Waals surface area contributed by atoms with Crippen molar-refractivity contribution in [3.8, 4) is 5.75 Å². The maximum atomic E-state index is 5.78. The third kappa shape index (κ3) is 4.32. The highest BCUT2D eigenvalue weighted by atomic mass is 32.1. The van der Waals surface area contributed by atoms with Crippen LogP contribution < -0.4 is 10.1 Å². The fraction of sp³-hybridized carbons (Fsp3) is 0.438. The van der Waals surface area contributed by atoms with Crippen molar-refractivity contribution in [2.45, 2.75) is 39.8 Å². The van der Waals surface area contributed by atoms with Crippen LogP contribution in [0.3, 0.4) is 0 Å². The topological polar surface area (TPSA) is 34.1 Å². The largest absolute Gasteiger partial charge is 0.492 e. The second-order valence-corrected chi connectivity index (χ2v) is 6.27. The first-order valence-corrected chi connectivity index (χ1v) is 7.80. The number of nitrogens with zero attached hydrogens (tertiary/aromatic N) is 1. The van der Waals surface area contributed by atoms with Gasteiger partial charge in [-0.15, -0.1) is 11.3 Å². The van der Waals surface area contributed by atoms with Gasteiger partial charge in [-0.05, 0) is 39.8 Å². The Kier molecular flexibility index (Phi) is 5.15. The maximum absolute atomic E-state index is 5.78. The van der Waals surface area contributed by atoms with Gasteiger partial charge in [0.25, 0.3) is 0 Å². The molecule has 1 aromatic heterocycles. The number of benzene rings is 1. The number of hydrogen-bond acceptors (Lipinski definition) is 4. The van der Waals surface area contributed by atoms with E-state index in [1.54, 1.807) is 11.3 Å². The number of ether oxygens (including phenoxy) is 1. The van der Waals surface area contributed by atoms with Crippen LogP contribution in [-0.2, 0) is 0 Å². The van der Waals surface area contributed by atoms with Gasteiger partial charge in [0.2, 0.25) is 0 Å². The lowest BCUT2D eigenvalue weighted by atomic mass is 10.2. The van der Waals surface area contributed by atoms with Crippen LogP contribution in [0.5, 0.6) is 5.75 Å². The molecule has 108 valence electrons. The zero-order chi connectivity index (χ0) is 14.5. The number of thiazole rings is 1. The predicted octanol–water partition coefficient (Wildman–Crippen LogP) is 3.88. The van der Waals surface area contributed by atoms with Crippen LogP contribution in [0.4, 0.5) is 0 Å². The predicted molar refractivity (Wildman–Crippen MR) is 84.5 cm³/mol. The summed E-state index contributed by atoms with van der Waals surface area (Å²) < 4.78 is 5.78. The van der Waals surface area contributed by atoms with Crippen molar-refractivity contribution in [3.63, 3.8) is 0 Å². The van der Waals surface area contributed by atoms with Gasteiger partial charge in [0.15, 0.2) is 0 Å². The van der Waals surface area contributed by atoms with Crippen molar-refractivity contribution in [1.29, 1.82) is 0 Å². The molecule has 0 spiro atoms. The van der Waals surface area contributed by atoms with E-state index < -0.39 is 0 Å². The fourth-order valence-electron chi connectivity index (χ4n) is 2.00. The quantitative estimate of drug-likeness (QED) is 0.876. The summed E-state index contributed by atoms with van der Waals surface area (Å²) in [5, 5.41) is 6.73. The summed E-state index contributed by atoms with van der Waals surface area (Å²) in [4.78, 5) is 4.51. The molecule has 0 amide bonds. The molecule has 0 aliphatic carbocycles. The molecule has 2 unspecified atom stereocenters. The monoisotopic (exact) mass is 290 g/mol.